The molecule has 1 atom stereocenters. The fourth-order valence-electron chi connectivity index (χ4n) is 1.35. The minimum absolute atomic E-state index is 0.259. The highest BCUT2D eigenvalue weighted by Gasteiger charge is 2.19. The molecule has 0 aromatic heterocycles. The normalized spacial score (nSPS) is 12.9. The summed E-state index contributed by atoms with van der Waals surface area (Å²) in [4.78, 5) is 0. The summed E-state index contributed by atoms with van der Waals surface area (Å²) < 4.78 is 0. The molecular formula is C14H21N3. The molecule has 17 heavy (non-hydrogen) atoms. The second-order valence-corrected chi connectivity index (χ2v) is 5.56. The standard InChI is InChI=1S/C14H21N3/c1-10(14(2,3)4)9-17-13-7-11(8-15)5-6-12(13)16/h5-7,10,17H,9,16H2,1-4H3. The van der Waals surface area contributed by atoms with Gasteiger partial charge in [-0.05, 0) is 29.5 Å². The van der Waals surface area contributed by atoms with Gasteiger partial charge in [-0.2, -0.15) is 5.26 Å². The molecule has 0 fully saturated rings. The van der Waals surface area contributed by atoms with Gasteiger partial charge in [0.25, 0.3) is 0 Å². The van der Waals surface area contributed by atoms with Gasteiger partial charge in [0.2, 0.25) is 0 Å². The minimum atomic E-state index is 0.259. The molecular weight excluding hydrogens is 210 g/mol. The van der Waals surface area contributed by atoms with Gasteiger partial charge in [0.05, 0.1) is 23.0 Å². The Bertz CT molecular complexity index is 424. The van der Waals surface area contributed by atoms with Gasteiger partial charge >= 0.3 is 0 Å². The van der Waals surface area contributed by atoms with Crippen molar-refractivity contribution in [3.8, 4) is 6.07 Å². The van der Waals surface area contributed by atoms with Gasteiger partial charge in [-0.15, -0.1) is 0 Å². The van der Waals surface area contributed by atoms with Crippen LogP contribution in [0.15, 0.2) is 18.2 Å². The first-order valence-electron chi connectivity index (χ1n) is 5.88. The molecule has 92 valence electrons. The fourth-order valence-corrected chi connectivity index (χ4v) is 1.35. The Morgan fingerprint density at radius 3 is 2.59 bits per heavy atom. The van der Waals surface area contributed by atoms with E-state index in [1.54, 1.807) is 18.2 Å². The van der Waals surface area contributed by atoms with Crippen molar-refractivity contribution in [3.63, 3.8) is 0 Å². The molecule has 0 spiro atoms. The number of hydrogen-bond acceptors (Lipinski definition) is 3. The summed E-state index contributed by atoms with van der Waals surface area (Å²) in [6.45, 7) is 9.71. The van der Waals surface area contributed by atoms with Crippen LogP contribution in [0.25, 0.3) is 0 Å². The molecule has 0 saturated carbocycles. The Balaban J connectivity index is 2.73. The maximum absolute atomic E-state index is 8.84. The number of benzene rings is 1. The smallest absolute Gasteiger partial charge is 0.0992 e. The Morgan fingerprint density at radius 2 is 2.06 bits per heavy atom. The molecule has 3 nitrogen and oxygen atoms in total. The summed E-state index contributed by atoms with van der Waals surface area (Å²) >= 11 is 0. The van der Waals surface area contributed by atoms with Crippen molar-refractivity contribution < 1.29 is 0 Å². The third-order valence-electron chi connectivity index (χ3n) is 3.26. The van der Waals surface area contributed by atoms with Gasteiger partial charge in [0.15, 0.2) is 0 Å². The van der Waals surface area contributed by atoms with E-state index in [4.69, 9.17) is 11.0 Å². The zero-order valence-corrected chi connectivity index (χ0v) is 11.0. The molecule has 0 bridgehead atoms. The van der Waals surface area contributed by atoms with Crippen LogP contribution in [0.4, 0.5) is 11.4 Å². The topological polar surface area (TPSA) is 61.8 Å². The second-order valence-electron chi connectivity index (χ2n) is 5.56. The lowest BCUT2D eigenvalue weighted by Crippen LogP contribution is -2.25. The maximum Gasteiger partial charge on any atom is 0.0992 e. The Morgan fingerprint density at radius 1 is 1.41 bits per heavy atom. The van der Waals surface area contributed by atoms with Crippen LogP contribution in [0.1, 0.15) is 33.3 Å². The first-order chi connectivity index (χ1) is 7.84. The largest absolute Gasteiger partial charge is 0.397 e. The van der Waals surface area contributed by atoms with Gasteiger partial charge in [-0.25, -0.2) is 0 Å². The molecule has 3 heteroatoms. The van der Waals surface area contributed by atoms with Crippen LogP contribution < -0.4 is 11.1 Å². The van der Waals surface area contributed by atoms with Gasteiger partial charge in [0.1, 0.15) is 0 Å². The lowest BCUT2D eigenvalue weighted by Gasteiger charge is -2.28. The molecule has 0 aliphatic carbocycles. The SMILES string of the molecule is CC(CNc1cc(C#N)ccc1N)C(C)(C)C. The molecule has 1 unspecified atom stereocenters. The van der Waals surface area contributed by atoms with Gasteiger partial charge in [0, 0.05) is 6.54 Å². The Hall–Kier alpha value is -1.69. The molecule has 0 heterocycles. The lowest BCUT2D eigenvalue weighted by atomic mass is 9.82. The van der Waals surface area contributed by atoms with Crippen molar-refractivity contribution >= 4 is 11.4 Å². The number of nitrogen functional groups attached to an aromatic ring is 1. The number of anilines is 2. The minimum Gasteiger partial charge on any atom is -0.397 e. The summed E-state index contributed by atoms with van der Waals surface area (Å²) in [6, 6.07) is 7.41. The average Bonchev–Trinajstić information content (AvgIpc) is 2.26. The van der Waals surface area contributed by atoms with E-state index in [1.807, 2.05) is 0 Å². The number of nitrogens with one attached hydrogen (secondary N) is 1. The molecule has 3 N–H and O–H groups in total. The van der Waals surface area contributed by atoms with E-state index in [0.717, 1.165) is 12.2 Å². The third-order valence-corrected chi connectivity index (χ3v) is 3.26. The summed E-state index contributed by atoms with van der Waals surface area (Å²) in [7, 11) is 0. The molecule has 0 aliphatic rings. The summed E-state index contributed by atoms with van der Waals surface area (Å²) in [5.74, 6) is 0.521. The first kappa shape index (κ1) is 13.4. The van der Waals surface area contributed by atoms with Crippen molar-refractivity contribution in [1.82, 2.24) is 0 Å². The second kappa shape index (κ2) is 5.09. The Kier molecular flexibility index (Phi) is 4.01. The third kappa shape index (κ3) is 3.67. The average molecular weight is 231 g/mol. The highest BCUT2D eigenvalue weighted by molar-refractivity contribution is 5.68. The van der Waals surface area contributed by atoms with E-state index in [-0.39, 0.29) is 5.41 Å². The highest BCUT2D eigenvalue weighted by atomic mass is 14.9. The van der Waals surface area contributed by atoms with Crippen molar-refractivity contribution in [2.75, 3.05) is 17.6 Å². The van der Waals surface area contributed by atoms with Crippen LogP contribution in [-0.2, 0) is 0 Å². The molecule has 0 saturated heterocycles. The van der Waals surface area contributed by atoms with Crippen molar-refractivity contribution in [2.24, 2.45) is 11.3 Å². The molecule has 0 amide bonds. The summed E-state index contributed by atoms with van der Waals surface area (Å²) in [5.41, 5.74) is 8.29. The molecule has 0 radical (unpaired) electrons. The molecule has 1 aromatic carbocycles. The van der Waals surface area contributed by atoms with E-state index in [1.165, 1.54) is 0 Å². The zero-order chi connectivity index (χ0) is 13.1. The summed E-state index contributed by atoms with van der Waals surface area (Å²) in [6.07, 6.45) is 0. The number of rotatable bonds is 3. The molecule has 1 aromatic rings. The van der Waals surface area contributed by atoms with Crippen molar-refractivity contribution in [2.45, 2.75) is 27.7 Å². The van der Waals surface area contributed by atoms with Crippen molar-refractivity contribution in [1.29, 1.82) is 5.26 Å². The highest BCUT2D eigenvalue weighted by Crippen LogP contribution is 2.27. The molecule has 1 rings (SSSR count). The van der Waals surface area contributed by atoms with E-state index < -0.39 is 0 Å². The quantitative estimate of drug-likeness (QED) is 0.785. The van der Waals surface area contributed by atoms with Crippen LogP contribution in [-0.4, -0.2) is 6.54 Å². The van der Waals surface area contributed by atoms with E-state index in [0.29, 0.717) is 17.2 Å². The molecule has 0 aliphatic heterocycles. The maximum atomic E-state index is 8.84. The predicted octanol–water partition coefficient (Wildman–Crippen LogP) is 3.23. The number of nitrogens with two attached hydrogens (primary N) is 1. The van der Waals surface area contributed by atoms with Crippen LogP contribution in [0.5, 0.6) is 0 Å². The number of nitriles is 1. The van der Waals surface area contributed by atoms with E-state index in [2.05, 4.69) is 39.1 Å². The van der Waals surface area contributed by atoms with Crippen LogP contribution in [0, 0.1) is 22.7 Å². The van der Waals surface area contributed by atoms with Crippen molar-refractivity contribution in [3.05, 3.63) is 23.8 Å². The van der Waals surface area contributed by atoms with Crippen LogP contribution in [0.2, 0.25) is 0 Å². The Labute approximate surface area is 104 Å². The fraction of sp³-hybridized carbons (Fsp3) is 0.500. The first-order valence-corrected chi connectivity index (χ1v) is 5.88. The predicted molar refractivity (Wildman–Crippen MR) is 72.7 cm³/mol. The zero-order valence-electron chi connectivity index (χ0n) is 11.0. The van der Waals surface area contributed by atoms with E-state index >= 15 is 0 Å². The van der Waals surface area contributed by atoms with Crippen LogP contribution >= 0.6 is 0 Å². The lowest BCUT2D eigenvalue weighted by molar-refractivity contribution is 0.274. The van der Waals surface area contributed by atoms with Crippen LogP contribution in [0.3, 0.4) is 0 Å². The number of nitrogens with zero attached hydrogens (tertiary/aromatic N) is 1. The van der Waals surface area contributed by atoms with Gasteiger partial charge < -0.3 is 11.1 Å². The van der Waals surface area contributed by atoms with E-state index in [9.17, 15) is 0 Å². The van der Waals surface area contributed by atoms with Gasteiger partial charge in [-0.1, -0.05) is 27.7 Å². The monoisotopic (exact) mass is 231 g/mol. The summed E-state index contributed by atoms with van der Waals surface area (Å²) in [5, 5.41) is 12.2. The van der Waals surface area contributed by atoms with Gasteiger partial charge in [-0.3, -0.25) is 0 Å². The number of hydrogen-bond donors (Lipinski definition) is 2.